The van der Waals surface area contributed by atoms with Gasteiger partial charge in [0.05, 0.1) is 19.8 Å². The SMILES string of the molecule is CCCN(CC(=N)N)S(=O)(=O)N1CCOCC1. The van der Waals surface area contributed by atoms with Gasteiger partial charge in [0.1, 0.15) is 5.84 Å². The maximum absolute atomic E-state index is 12.3. The lowest BCUT2D eigenvalue weighted by atomic mass is 10.4. The highest BCUT2D eigenvalue weighted by molar-refractivity contribution is 7.86. The summed E-state index contributed by atoms with van der Waals surface area (Å²) in [4.78, 5) is 0. The number of nitrogens with two attached hydrogens (primary N) is 1. The van der Waals surface area contributed by atoms with Gasteiger partial charge >= 0.3 is 0 Å². The summed E-state index contributed by atoms with van der Waals surface area (Å²) < 4.78 is 32.3. The number of hydrogen-bond acceptors (Lipinski definition) is 4. The quantitative estimate of drug-likeness (QED) is 0.485. The van der Waals surface area contributed by atoms with Crippen LogP contribution in [-0.4, -0.2) is 62.3 Å². The molecule has 0 spiro atoms. The summed E-state index contributed by atoms with van der Waals surface area (Å²) in [6, 6.07) is 0. The molecule has 0 atom stereocenters. The van der Waals surface area contributed by atoms with Gasteiger partial charge in [0.25, 0.3) is 10.2 Å². The average Bonchev–Trinajstić information content (AvgIpc) is 2.29. The highest BCUT2D eigenvalue weighted by Crippen LogP contribution is 2.11. The first-order valence-corrected chi connectivity index (χ1v) is 7.04. The summed E-state index contributed by atoms with van der Waals surface area (Å²) in [7, 11) is -3.52. The topological polar surface area (TPSA) is 99.7 Å². The molecule has 1 aliphatic heterocycles. The van der Waals surface area contributed by atoms with Crippen molar-refractivity contribution in [1.29, 1.82) is 5.41 Å². The number of morpholine rings is 1. The van der Waals surface area contributed by atoms with Gasteiger partial charge in [-0.2, -0.15) is 17.0 Å². The Bertz CT molecular complexity index is 351. The van der Waals surface area contributed by atoms with Crippen LogP contribution in [0.5, 0.6) is 0 Å². The van der Waals surface area contributed by atoms with Crippen molar-refractivity contribution >= 4 is 16.0 Å². The van der Waals surface area contributed by atoms with E-state index in [-0.39, 0.29) is 12.4 Å². The maximum atomic E-state index is 12.3. The molecule has 0 aromatic heterocycles. The van der Waals surface area contributed by atoms with E-state index >= 15 is 0 Å². The minimum Gasteiger partial charge on any atom is -0.387 e. The molecule has 0 aromatic carbocycles. The van der Waals surface area contributed by atoms with E-state index in [9.17, 15) is 8.42 Å². The lowest BCUT2D eigenvalue weighted by Crippen LogP contribution is -2.50. The fourth-order valence-electron chi connectivity index (χ4n) is 1.66. The molecule has 1 aliphatic rings. The van der Waals surface area contributed by atoms with Gasteiger partial charge in [-0.05, 0) is 6.42 Å². The Kier molecular flexibility index (Phi) is 5.31. The smallest absolute Gasteiger partial charge is 0.282 e. The minimum atomic E-state index is -3.52. The second-order valence-electron chi connectivity index (χ2n) is 3.88. The number of amidine groups is 1. The summed E-state index contributed by atoms with van der Waals surface area (Å²) in [5.74, 6) is -0.143. The van der Waals surface area contributed by atoms with Crippen molar-refractivity contribution in [2.75, 3.05) is 39.4 Å². The van der Waals surface area contributed by atoms with E-state index < -0.39 is 10.2 Å². The van der Waals surface area contributed by atoms with Crippen LogP contribution in [0.15, 0.2) is 0 Å². The maximum Gasteiger partial charge on any atom is 0.282 e. The molecule has 0 bridgehead atoms. The standard InChI is InChI=1S/C9H20N4O3S/c1-2-3-13(8-9(10)11)17(14,15)12-4-6-16-7-5-12/h2-8H2,1H3,(H3,10,11). The third kappa shape index (κ3) is 3.91. The van der Waals surface area contributed by atoms with Crippen LogP contribution in [0.3, 0.4) is 0 Å². The fraction of sp³-hybridized carbons (Fsp3) is 0.889. The molecule has 0 radical (unpaired) electrons. The Morgan fingerprint density at radius 2 is 2.06 bits per heavy atom. The van der Waals surface area contributed by atoms with Crippen LogP contribution in [0.1, 0.15) is 13.3 Å². The number of rotatable bonds is 6. The molecular weight excluding hydrogens is 244 g/mol. The molecule has 100 valence electrons. The Morgan fingerprint density at radius 3 is 2.53 bits per heavy atom. The van der Waals surface area contributed by atoms with Crippen LogP contribution >= 0.6 is 0 Å². The van der Waals surface area contributed by atoms with Crippen LogP contribution in [0.25, 0.3) is 0 Å². The van der Waals surface area contributed by atoms with E-state index in [1.807, 2.05) is 6.92 Å². The van der Waals surface area contributed by atoms with Crippen molar-refractivity contribution in [2.24, 2.45) is 5.73 Å². The minimum absolute atomic E-state index is 0.0481. The first kappa shape index (κ1) is 14.4. The van der Waals surface area contributed by atoms with Gasteiger partial charge in [-0.15, -0.1) is 0 Å². The zero-order valence-electron chi connectivity index (χ0n) is 10.1. The molecule has 0 aliphatic carbocycles. The molecule has 0 unspecified atom stereocenters. The molecule has 0 saturated carbocycles. The fourth-order valence-corrected chi connectivity index (χ4v) is 3.31. The van der Waals surface area contributed by atoms with Crippen molar-refractivity contribution in [1.82, 2.24) is 8.61 Å². The molecule has 1 saturated heterocycles. The van der Waals surface area contributed by atoms with Crippen molar-refractivity contribution in [2.45, 2.75) is 13.3 Å². The van der Waals surface area contributed by atoms with Gasteiger partial charge in [0.15, 0.2) is 0 Å². The number of ether oxygens (including phenoxy) is 1. The molecule has 0 aromatic rings. The van der Waals surface area contributed by atoms with E-state index in [4.69, 9.17) is 15.9 Å². The Morgan fingerprint density at radius 1 is 1.47 bits per heavy atom. The Hall–Kier alpha value is -0.700. The predicted molar refractivity (Wildman–Crippen MR) is 65.1 cm³/mol. The summed E-state index contributed by atoms with van der Waals surface area (Å²) in [5.41, 5.74) is 5.28. The summed E-state index contributed by atoms with van der Waals surface area (Å²) in [6.07, 6.45) is 0.691. The average molecular weight is 264 g/mol. The second kappa shape index (κ2) is 6.29. The number of nitrogens with one attached hydrogen (secondary N) is 1. The number of hydrogen-bond donors (Lipinski definition) is 2. The van der Waals surface area contributed by atoms with Crippen LogP contribution < -0.4 is 5.73 Å². The normalized spacial score (nSPS) is 18.5. The molecule has 17 heavy (non-hydrogen) atoms. The highest BCUT2D eigenvalue weighted by Gasteiger charge is 2.30. The summed E-state index contributed by atoms with van der Waals surface area (Å²) in [5, 5.41) is 7.23. The molecule has 3 N–H and O–H groups in total. The first-order valence-electron chi connectivity index (χ1n) is 5.64. The van der Waals surface area contributed by atoms with Crippen molar-refractivity contribution < 1.29 is 13.2 Å². The van der Waals surface area contributed by atoms with E-state index in [0.717, 1.165) is 0 Å². The van der Waals surface area contributed by atoms with Crippen molar-refractivity contribution in [3.63, 3.8) is 0 Å². The Balaban J connectivity index is 2.78. The van der Waals surface area contributed by atoms with Gasteiger partial charge in [-0.1, -0.05) is 6.92 Å². The largest absolute Gasteiger partial charge is 0.387 e. The van der Waals surface area contributed by atoms with Crippen LogP contribution in [0.4, 0.5) is 0 Å². The highest BCUT2D eigenvalue weighted by atomic mass is 32.2. The predicted octanol–water partition coefficient (Wildman–Crippen LogP) is -0.789. The monoisotopic (exact) mass is 264 g/mol. The van der Waals surface area contributed by atoms with Gasteiger partial charge < -0.3 is 10.5 Å². The molecule has 7 nitrogen and oxygen atoms in total. The van der Waals surface area contributed by atoms with Gasteiger partial charge in [-0.25, -0.2) is 0 Å². The molecular formula is C9H20N4O3S. The van der Waals surface area contributed by atoms with E-state index in [0.29, 0.717) is 39.3 Å². The zero-order chi connectivity index (χ0) is 12.9. The van der Waals surface area contributed by atoms with Crippen molar-refractivity contribution in [3.05, 3.63) is 0 Å². The van der Waals surface area contributed by atoms with Crippen LogP contribution in [0, 0.1) is 5.41 Å². The van der Waals surface area contributed by atoms with E-state index in [1.165, 1.54) is 8.61 Å². The third-order valence-electron chi connectivity index (χ3n) is 2.44. The Labute approximate surface area is 102 Å². The molecule has 0 amide bonds. The molecule has 1 heterocycles. The molecule has 1 fully saturated rings. The lowest BCUT2D eigenvalue weighted by Gasteiger charge is -2.31. The lowest BCUT2D eigenvalue weighted by molar-refractivity contribution is 0.0704. The molecule has 8 heteroatoms. The van der Waals surface area contributed by atoms with Crippen molar-refractivity contribution in [3.8, 4) is 0 Å². The first-order chi connectivity index (χ1) is 7.98. The van der Waals surface area contributed by atoms with E-state index in [2.05, 4.69) is 0 Å². The third-order valence-corrected chi connectivity index (χ3v) is 4.42. The van der Waals surface area contributed by atoms with E-state index in [1.54, 1.807) is 0 Å². The second-order valence-corrected chi connectivity index (χ2v) is 5.81. The summed E-state index contributed by atoms with van der Waals surface area (Å²) >= 11 is 0. The molecule has 1 rings (SSSR count). The van der Waals surface area contributed by atoms with Gasteiger partial charge in [0.2, 0.25) is 0 Å². The zero-order valence-corrected chi connectivity index (χ0v) is 10.9. The van der Waals surface area contributed by atoms with Gasteiger partial charge in [0, 0.05) is 19.6 Å². The number of nitrogens with zero attached hydrogens (tertiary/aromatic N) is 2. The van der Waals surface area contributed by atoms with Gasteiger partial charge in [-0.3, -0.25) is 5.41 Å². The summed E-state index contributed by atoms with van der Waals surface area (Å²) in [6.45, 7) is 3.77. The van der Waals surface area contributed by atoms with Crippen LogP contribution in [-0.2, 0) is 14.9 Å². The van der Waals surface area contributed by atoms with Crippen LogP contribution in [0.2, 0.25) is 0 Å².